The SMILES string of the molecule is Bc1cccc(C2(N)CCCN(Cc3ccccc3)C2)c1. The van der Waals surface area contributed by atoms with Crippen molar-refractivity contribution in [3.8, 4) is 0 Å². The largest absolute Gasteiger partial charge is 0.320 e. The fourth-order valence-electron chi connectivity index (χ4n) is 3.34. The van der Waals surface area contributed by atoms with Gasteiger partial charge in [-0.3, -0.25) is 4.90 Å². The molecule has 2 aromatic rings. The normalized spacial score (nSPS) is 23.1. The van der Waals surface area contributed by atoms with Crippen molar-refractivity contribution in [1.29, 1.82) is 0 Å². The summed E-state index contributed by atoms with van der Waals surface area (Å²) in [7, 11) is 2.14. The van der Waals surface area contributed by atoms with Gasteiger partial charge in [0.15, 0.2) is 0 Å². The number of piperidine rings is 1. The first-order chi connectivity index (χ1) is 10.2. The van der Waals surface area contributed by atoms with Crippen LogP contribution in [0.25, 0.3) is 0 Å². The van der Waals surface area contributed by atoms with Crippen LogP contribution in [-0.4, -0.2) is 25.8 Å². The van der Waals surface area contributed by atoms with Crippen LogP contribution in [0.4, 0.5) is 0 Å². The molecule has 1 aliphatic heterocycles. The first-order valence-corrected chi connectivity index (χ1v) is 7.78. The van der Waals surface area contributed by atoms with E-state index in [1.165, 1.54) is 16.6 Å². The van der Waals surface area contributed by atoms with E-state index in [1.807, 2.05) is 0 Å². The van der Waals surface area contributed by atoms with E-state index in [9.17, 15) is 0 Å². The molecule has 1 heterocycles. The molecule has 0 saturated carbocycles. The lowest BCUT2D eigenvalue weighted by Gasteiger charge is -2.41. The molecule has 0 amide bonds. The summed E-state index contributed by atoms with van der Waals surface area (Å²) in [6, 6.07) is 19.3. The fraction of sp³-hybridized carbons (Fsp3) is 0.333. The third-order valence-electron chi connectivity index (χ3n) is 4.44. The molecule has 2 nitrogen and oxygen atoms in total. The van der Waals surface area contributed by atoms with Gasteiger partial charge in [-0.15, -0.1) is 0 Å². The molecular formula is C18H23BN2. The van der Waals surface area contributed by atoms with Crippen molar-refractivity contribution in [3.63, 3.8) is 0 Å². The van der Waals surface area contributed by atoms with E-state index >= 15 is 0 Å². The summed E-state index contributed by atoms with van der Waals surface area (Å²) in [5.74, 6) is 0. The van der Waals surface area contributed by atoms with Gasteiger partial charge in [-0.2, -0.15) is 0 Å². The van der Waals surface area contributed by atoms with Gasteiger partial charge >= 0.3 is 0 Å². The Labute approximate surface area is 128 Å². The number of nitrogens with zero attached hydrogens (tertiary/aromatic N) is 1. The highest BCUT2D eigenvalue weighted by Crippen LogP contribution is 2.29. The van der Waals surface area contributed by atoms with Crippen LogP contribution in [0, 0.1) is 0 Å². The van der Waals surface area contributed by atoms with Gasteiger partial charge in [-0.05, 0) is 30.5 Å². The van der Waals surface area contributed by atoms with Gasteiger partial charge in [0.2, 0.25) is 0 Å². The van der Waals surface area contributed by atoms with E-state index in [4.69, 9.17) is 5.73 Å². The first-order valence-electron chi connectivity index (χ1n) is 7.78. The van der Waals surface area contributed by atoms with Crippen LogP contribution in [0.2, 0.25) is 0 Å². The molecule has 1 atom stereocenters. The summed E-state index contributed by atoms with van der Waals surface area (Å²) < 4.78 is 0. The summed E-state index contributed by atoms with van der Waals surface area (Å²) in [6.45, 7) is 3.07. The molecule has 108 valence electrons. The van der Waals surface area contributed by atoms with Crippen molar-refractivity contribution in [1.82, 2.24) is 4.90 Å². The number of rotatable bonds is 3. The Morgan fingerprint density at radius 1 is 1.10 bits per heavy atom. The van der Waals surface area contributed by atoms with E-state index < -0.39 is 0 Å². The summed E-state index contributed by atoms with van der Waals surface area (Å²) in [5, 5.41) is 0. The standard InChI is InChI=1S/C18H23BN2/c19-17-9-4-8-16(12-17)18(20)10-5-11-21(14-18)13-15-6-2-1-3-7-15/h1-4,6-9,12H,5,10-11,13-14,19-20H2. The van der Waals surface area contributed by atoms with E-state index in [1.54, 1.807) is 0 Å². The fourth-order valence-corrected chi connectivity index (χ4v) is 3.34. The van der Waals surface area contributed by atoms with Crippen LogP contribution in [0.1, 0.15) is 24.0 Å². The van der Waals surface area contributed by atoms with E-state index in [-0.39, 0.29) is 5.54 Å². The van der Waals surface area contributed by atoms with Crippen molar-refractivity contribution >= 4 is 13.3 Å². The highest BCUT2D eigenvalue weighted by Gasteiger charge is 2.33. The molecular weight excluding hydrogens is 255 g/mol. The molecule has 1 fully saturated rings. The molecule has 0 aliphatic carbocycles. The van der Waals surface area contributed by atoms with Gasteiger partial charge in [0.05, 0.1) is 5.54 Å². The number of hydrogen-bond acceptors (Lipinski definition) is 2. The molecule has 0 bridgehead atoms. The second kappa shape index (κ2) is 6.04. The van der Waals surface area contributed by atoms with Crippen molar-refractivity contribution in [2.45, 2.75) is 24.9 Å². The third kappa shape index (κ3) is 3.37. The minimum Gasteiger partial charge on any atom is -0.320 e. The van der Waals surface area contributed by atoms with Crippen LogP contribution in [0.15, 0.2) is 54.6 Å². The number of likely N-dealkylation sites (tertiary alicyclic amines) is 1. The van der Waals surface area contributed by atoms with Crippen LogP contribution >= 0.6 is 0 Å². The molecule has 3 rings (SSSR count). The zero-order chi connectivity index (χ0) is 14.7. The maximum atomic E-state index is 6.75. The maximum Gasteiger partial charge on any atom is 0.139 e. The zero-order valence-corrected chi connectivity index (χ0v) is 12.8. The van der Waals surface area contributed by atoms with Crippen molar-refractivity contribution in [2.24, 2.45) is 5.73 Å². The Morgan fingerprint density at radius 3 is 2.67 bits per heavy atom. The number of hydrogen-bond donors (Lipinski definition) is 1. The maximum absolute atomic E-state index is 6.75. The Hall–Kier alpha value is -1.58. The third-order valence-corrected chi connectivity index (χ3v) is 4.44. The monoisotopic (exact) mass is 278 g/mol. The summed E-state index contributed by atoms with van der Waals surface area (Å²) >= 11 is 0. The smallest absolute Gasteiger partial charge is 0.139 e. The predicted molar refractivity (Wildman–Crippen MR) is 91.4 cm³/mol. The molecule has 3 heteroatoms. The highest BCUT2D eigenvalue weighted by atomic mass is 15.2. The molecule has 0 spiro atoms. The molecule has 21 heavy (non-hydrogen) atoms. The number of nitrogens with two attached hydrogens (primary N) is 1. The molecule has 2 N–H and O–H groups in total. The Morgan fingerprint density at radius 2 is 1.90 bits per heavy atom. The van der Waals surface area contributed by atoms with Crippen LogP contribution in [0.5, 0.6) is 0 Å². The second-order valence-corrected chi connectivity index (χ2v) is 6.33. The van der Waals surface area contributed by atoms with Crippen molar-refractivity contribution < 1.29 is 0 Å². The quantitative estimate of drug-likeness (QED) is 0.860. The average Bonchev–Trinajstić information content (AvgIpc) is 2.48. The Bertz CT molecular complexity index is 599. The molecule has 1 unspecified atom stereocenters. The molecule has 2 aromatic carbocycles. The average molecular weight is 278 g/mol. The Kier molecular flexibility index (Phi) is 4.13. The van der Waals surface area contributed by atoms with E-state index in [0.29, 0.717) is 0 Å². The second-order valence-electron chi connectivity index (χ2n) is 6.33. The van der Waals surface area contributed by atoms with Crippen LogP contribution in [0.3, 0.4) is 0 Å². The zero-order valence-electron chi connectivity index (χ0n) is 12.8. The number of benzene rings is 2. The van der Waals surface area contributed by atoms with Crippen LogP contribution < -0.4 is 11.2 Å². The molecule has 0 aromatic heterocycles. The minimum absolute atomic E-state index is 0.209. The van der Waals surface area contributed by atoms with Crippen molar-refractivity contribution in [3.05, 3.63) is 65.7 Å². The predicted octanol–water partition coefficient (Wildman–Crippen LogP) is 1.39. The van der Waals surface area contributed by atoms with Gasteiger partial charge in [0.1, 0.15) is 7.85 Å². The lowest BCUT2D eigenvalue weighted by Crippen LogP contribution is -2.51. The highest BCUT2D eigenvalue weighted by molar-refractivity contribution is 6.32. The molecule has 1 saturated heterocycles. The first kappa shape index (κ1) is 14.4. The van der Waals surface area contributed by atoms with Crippen LogP contribution in [-0.2, 0) is 12.1 Å². The molecule has 0 radical (unpaired) electrons. The summed E-state index contributed by atoms with van der Waals surface area (Å²) in [6.07, 6.45) is 2.24. The van der Waals surface area contributed by atoms with Gasteiger partial charge < -0.3 is 5.73 Å². The van der Waals surface area contributed by atoms with Crippen molar-refractivity contribution in [2.75, 3.05) is 13.1 Å². The van der Waals surface area contributed by atoms with E-state index in [0.717, 1.165) is 32.5 Å². The van der Waals surface area contributed by atoms with E-state index in [2.05, 4.69) is 67.3 Å². The molecule has 1 aliphatic rings. The lowest BCUT2D eigenvalue weighted by molar-refractivity contribution is 0.142. The van der Waals surface area contributed by atoms with Gasteiger partial charge in [0, 0.05) is 13.1 Å². The summed E-state index contributed by atoms with van der Waals surface area (Å²) in [4.78, 5) is 2.49. The van der Waals surface area contributed by atoms with Gasteiger partial charge in [-0.1, -0.05) is 60.1 Å². The lowest BCUT2D eigenvalue weighted by atomic mass is 9.80. The topological polar surface area (TPSA) is 29.3 Å². The minimum atomic E-state index is -0.209. The summed E-state index contributed by atoms with van der Waals surface area (Å²) in [5.41, 5.74) is 10.5. The van der Waals surface area contributed by atoms with Gasteiger partial charge in [-0.25, -0.2) is 0 Å². The Balaban J connectivity index is 1.76. The van der Waals surface area contributed by atoms with Gasteiger partial charge in [0.25, 0.3) is 0 Å².